The molecular weight excluding hydrogens is 606 g/mol. The standard InChI is InChI=1S/C31H33N3O8S2/c1-6-27-28(20-9-13-23(39-4)25(15-20)40-5)32-34(31(36)43-27)29(21-10-14-24-26(16-21)42-17-41-24)30(35)33-44(37,38)22-11-7-19(8-12-22)18(2)3/h7-16,18,27,29H,6,17H2,1-5H3,(H,33,35). The average Bonchev–Trinajstić information content (AvgIpc) is 3.49. The van der Waals surface area contributed by atoms with Crippen LogP contribution in [0.25, 0.3) is 0 Å². The van der Waals surface area contributed by atoms with Crippen LogP contribution in [0.1, 0.15) is 55.8 Å². The maximum atomic E-state index is 14.0. The fourth-order valence-corrected chi connectivity index (χ4v) is 6.85. The molecule has 0 saturated heterocycles. The summed E-state index contributed by atoms with van der Waals surface area (Å²) < 4.78 is 50.7. The number of sulfonamides is 1. The smallest absolute Gasteiger partial charge is 0.303 e. The molecule has 2 aliphatic heterocycles. The first kappa shape index (κ1) is 31.2. The van der Waals surface area contributed by atoms with Gasteiger partial charge in [-0.15, -0.1) is 0 Å². The first-order chi connectivity index (χ1) is 21.1. The number of amides is 2. The number of ether oxygens (including phenoxy) is 4. The van der Waals surface area contributed by atoms with Crippen molar-refractivity contribution in [1.82, 2.24) is 9.73 Å². The number of carbonyl (C=O) groups is 2. The van der Waals surface area contributed by atoms with E-state index in [9.17, 15) is 18.0 Å². The maximum Gasteiger partial charge on any atom is 0.303 e. The number of hydrogen-bond acceptors (Lipinski definition) is 10. The van der Waals surface area contributed by atoms with E-state index in [0.717, 1.165) is 22.3 Å². The van der Waals surface area contributed by atoms with Gasteiger partial charge in [0.05, 0.1) is 30.1 Å². The third-order valence-electron chi connectivity index (χ3n) is 7.30. The Labute approximate surface area is 260 Å². The number of thioether (sulfide) groups is 1. The summed E-state index contributed by atoms with van der Waals surface area (Å²) in [5.74, 6) is 1.05. The predicted octanol–water partition coefficient (Wildman–Crippen LogP) is 5.45. The Morgan fingerprint density at radius 3 is 2.34 bits per heavy atom. The van der Waals surface area contributed by atoms with Crippen LogP contribution in [0.15, 0.2) is 70.7 Å². The van der Waals surface area contributed by atoms with Gasteiger partial charge in [-0.2, -0.15) is 5.10 Å². The minimum absolute atomic E-state index is 0.00528. The summed E-state index contributed by atoms with van der Waals surface area (Å²) >= 11 is 1.00. The fraction of sp³-hybridized carbons (Fsp3) is 0.323. The summed E-state index contributed by atoms with van der Waals surface area (Å²) in [6.07, 6.45) is 0.569. The molecule has 0 aromatic heterocycles. The Balaban J connectivity index is 1.58. The van der Waals surface area contributed by atoms with E-state index in [4.69, 9.17) is 24.0 Å². The number of rotatable bonds is 10. The molecular formula is C31H33N3O8S2. The van der Waals surface area contributed by atoms with Crippen molar-refractivity contribution in [3.8, 4) is 23.0 Å². The van der Waals surface area contributed by atoms with Gasteiger partial charge in [0, 0.05) is 5.56 Å². The van der Waals surface area contributed by atoms with Gasteiger partial charge in [-0.05, 0) is 65.9 Å². The van der Waals surface area contributed by atoms with Crippen molar-refractivity contribution >= 4 is 38.6 Å². The van der Waals surface area contributed by atoms with Crippen molar-refractivity contribution in [2.45, 2.75) is 49.3 Å². The summed E-state index contributed by atoms with van der Waals surface area (Å²) in [7, 11) is -1.25. The van der Waals surface area contributed by atoms with Crippen molar-refractivity contribution < 1.29 is 37.0 Å². The van der Waals surface area contributed by atoms with Crippen LogP contribution in [-0.2, 0) is 14.8 Å². The molecule has 5 rings (SSSR count). The number of benzene rings is 3. The minimum atomic E-state index is -4.30. The third-order valence-corrected chi connectivity index (χ3v) is 9.89. The second kappa shape index (κ2) is 12.8. The number of fused-ring (bicyclic) bond motifs is 1. The second-order valence-corrected chi connectivity index (χ2v) is 13.2. The summed E-state index contributed by atoms with van der Waals surface area (Å²) in [5.41, 5.74) is 2.41. The first-order valence-electron chi connectivity index (χ1n) is 13.9. The van der Waals surface area contributed by atoms with Crippen molar-refractivity contribution in [2.24, 2.45) is 5.10 Å². The van der Waals surface area contributed by atoms with Crippen molar-refractivity contribution in [2.75, 3.05) is 21.0 Å². The molecule has 2 heterocycles. The summed E-state index contributed by atoms with van der Waals surface area (Å²) in [6, 6.07) is 14.8. The largest absolute Gasteiger partial charge is 0.493 e. The van der Waals surface area contributed by atoms with Gasteiger partial charge in [0.15, 0.2) is 29.0 Å². The number of nitrogens with one attached hydrogen (secondary N) is 1. The normalized spacial score (nSPS) is 16.9. The van der Waals surface area contributed by atoms with Crippen molar-refractivity contribution in [3.63, 3.8) is 0 Å². The number of methoxy groups -OCH3 is 2. The Kier molecular flexibility index (Phi) is 9.07. The third kappa shape index (κ3) is 6.20. The highest BCUT2D eigenvalue weighted by molar-refractivity contribution is 8.14. The lowest BCUT2D eigenvalue weighted by Crippen LogP contribution is -2.45. The quantitative estimate of drug-likeness (QED) is 0.307. The number of nitrogens with zero attached hydrogens (tertiary/aromatic N) is 2. The zero-order chi connectivity index (χ0) is 31.6. The van der Waals surface area contributed by atoms with Crippen LogP contribution >= 0.6 is 11.8 Å². The van der Waals surface area contributed by atoms with Gasteiger partial charge >= 0.3 is 5.24 Å². The maximum absolute atomic E-state index is 14.0. The minimum Gasteiger partial charge on any atom is -0.493 e. The molecule has 3 aromatic rings. The lowest BCUT2D eigenvalue weighted by Gasteiger charge is -2.33. The van der Waals surface area contributed by atoms with Crippen LogP contribution in [0.5, 0.6) is 23.0 Å². The monoisotopic (exact) mass is 639 g/mol. The fourth-order valence-electron chi connectivity index (χ4n) is 4.90. The lowest BCUT2D eigenvalue weighted by atomic mass is 10.0. The van der Waals surface area contributed by atoms with E-state index < -0.39 is 27.2 Å². The van der Waals surface area contributed by atoms with E-state index in [2.05, 4.69) is 4.72 Å². The van der Waals surface area contributed by atoms with Gasteiger partial charge in [-0.25, -0.2) is 18.1 Å². The molecule has 0 radical (unpaired) electrons. The number of hydrazone groups is 1. The number of hydrogen-bond donors (Lipinski definition) is 1. The Morgan fingerprint density at radius 1 is 1.00 bits per heavy atom. The van der Waals surface area contributed by atoms with E-state index in [1.807, 2.05) is 20.8 Å². The van der Waals surface area contributed by atoms with E-state index in [-0.39, 0.29) is 28.4 Å². The molecule has 44 heavy (non-hydrogen) atoms. The molecule has 0 aliphatic carbocycles. The summed E-state index contributed by atoms with van der Waals surface area (Å²) in [5, 5.41) is 4.87. The summed E-state index contributed by atoms with van der Waals surface area (Å²) in [4.78, 5) is 27.5. The van der Waals surface area contributed by atoms with E-state index in [1.165, 1.54) is 26.4 Å². The first-order valence-corrected chi connectivity index (χ1v) is 16.3. The molecule has 0 saturated carbocycles. The topological polar surface area (TPSA) is 133 Å². The molecule has 2 aliphatic rings. The van der Waals surface area contributed by atoms with E-state index in [1.54, 1.807) is 48.5 Å². The van der Waals surface area contributed by atoms with Crippen LogP contribution in [-0.4, -0.2) is 56.5 Å². The molecule has 2 atom stereocenters. The highest BCUT2D eigenvalue weighted by Crippen LogP contribution is 2.40. The SMILES string of the molecule is CCC1SC(=O)N(C(C(=O)NS(=O)(=O)c2ccc(C(C)C)cc2)c2ccc3c(c2)OCO3)N=C1c1ccc(OC)c(OC)c1. The molecule has 2 amide bonds. The Hall–Kier alpha value is -4.23. The van der Waals surface area contributed by atoms with Crippen LogP contribution in [0, 0.1) is 0 Å². The van der Waals surface area contributed by atoms with Crippen LogP contribution in [0.4, 0.5) is 4.79 Å². The van der Waals surface area contributed by atoms with Gasteiger partial charge in [-0.1, -0.05) is 50.7 Å². The highest BCUT2D eigenvalue weighted by atomic mass is 32.2. The molecule has 0 fully saturated rings. The zero-order valence-corrected chi connectivity index (χ0v) is 26.5. The van der Waals surface area contributed by atoms with Crippen LogP contribution in [0.2, 0.25) is 0 Å². The molecule has 1 N–H and O–H groups in total. The molecule has 13 heteroatoms. The highest BCUT2D eigenvalue weighted by Gasteiger charge is 2.40. The summed E-state index contributed by atoms with van der Waals surface area (Å²) in [6.45, 7) is 5.91. The van der Waals surface area contributed by atoms with Crippen LogP contribution in [0.3, 0.4) is 0 Å². The molecule has 0 bridgehead atoms. The Morgan fingerprint density at radius 2 is 1.68 bits per heavy atom. The van der Waals surface area contributed by atoms with Gasteiger partial charge in [0.2, 0.25) is 6.79 Å². The van der Waals surface area contributed by atoms with Gasteiger partial charge < -0.3 is 18.9 Å². The van der Waals surface area contributed by atoms with Gasteiger partial charge in [0.1, 0.15) is 0 Å². The molecule has 2 unspecified atom stereocenters. The zero-order valence-electron chi connectivity index (χ0n) is 24.9. The molecule has 11 nitrogen and oxygen atoms in total. The average molecular weight is 640 g/mol. The predicted molar refractivity (Wildman–Crippen MR) is 166 cm³/mol. The molecule has 0 spiro atoms. The van der Waals surface area contributed by atoms with E-state index in [0.29, 0.717) is 40.7 Å². The lowest BCUT2D eigenvalue weighted by molar-refractivity contribution is -0.123. The van der Waals surface area contributed by atoms with Gasteiger partial charge in [-0.3, -0.25) is 9.59 Å². The Bertz CT molecular complexity index is 1710. The van der Waals surface area contributed by atoms with Crippen molar-refractivity contribution in [1.29, 1.82) is 0 Å². The van der Waals surface area contributed by atoms with Crippen molar-refractivity contribution in [3.05, 3.63) is 77.4 Å². The molecule has 3 aromatic carbocycles. The molecule has 232 valence electrons. The van der Waals surface area contributed by atoms with Crippen LogP contribution < -0.4 is 23.7 Å². The number of carbonyl (C=O) groups excluding carboxylic acids is 2. The second-order valence-electron chi connectivity index (χ2n) is 10.4. The van der Waals surface area contributed by atoms with E-state index >= 15 is 0 Å². The van der Waals surface area contributed by atoms with Gasteiger partial charge in [0.25, 0.3) is 15.9 Å².